The number of hydrogen-bond acceptors (Lipinski definition) is 3. The van der Waals surface area contributed by atoms with Crippen molar-refractivity contribution >= 4 is 12.0 Å². The van der Waals surface area contributed by atoms with Crippen LogP contribution in [0.25, 0.3) is 0 Å². The monoisotopic (exact) mass is 264 g/mol. The molecule has 1 aromatic rings. The van der Waals surface area contributed by atoms with Gasteiger partial charge in [-0.2, -0.15) is 0 Å². The molecule has 1 aromatic carbocycles. The molecule has 1 heterocycles. The molecule has 102 valence electrons. The van der Waals surface area contributed by atoms with Crippen LogP contribution in [-0.2, 0) is 16.2 Å². The maximum Gasteiger partial charge on any atom is 0.341 e. The van der Waals surface area contributed by atoms with Gasteiger partial charge in [-0.25, -0.2) is 10.3 Å². The van der Waals surface area contributed by atoms with Crippen molar-refractivity contribution in [2.45, 2.75) is 13.0 Å². The molecule has 6 nitrogen and oxygen atoms in total. The highest BCUT2D eigenvalue weighted by Crippen LogP contribution is 2.16. The van der Waals surface area contributed by atoms with Gasteiger partial charge < -0.3 is 10.0 Å². The van der Waals surface area contributed by atoms with Gasteiger partial charge >= 0.3 is 12.0 Å². The van der Waals surface area contributed by atoms with Gasteiger partial charge in [0.15, 0.2) is 0 Å². The van der Waals surface area contributed by atoms with E-state index >= 15 is 0 Å². The van der Waals surface area contributed by atoms with Crippen LogP contribution in [0.15, 0.2) is 30.3 Å². The van der Waals surface area contributed by atoms with Crippen molar-refractivity contribution < 1.29 is 19.5 Å². The first-order valence-electron chi connectivity index (χ1n) is 6.10. The topological polar surface area (TPSA) is 78.9 Å². The quantitative estimate of drug-likeness (QED) is 0.802. The molecule has 0 bridgehead atoms. The lowest BCUT2D eigenvalue weighted by Gasteiger charge is -2.16. The maximum absolute atomic E-state index is 11.7. The number of amides is 2. The van der Waals surface area contributed by atoms with Crippen LogP contribution in [0, 0.1) is 5.92 Å². The average Bonchev–Trinajstić information content (AvgIpc) is 2.89. The number of aliphatic carboxylic acids is 1. The number of carbonyl (C=O) groups excluding carboxylic acids is 1. The zero-order valence-electron chi connectivity index (χ0n) is 10.4. The van der Waals surface area contributed by atoms with Crippen molar-refractivity contribution in [3.63, 3.8) is 0 Å². The first-order valence-corrected chi connectivity index (χ1v) is 6.10. The number of urea groups is 1. The summed E-state index contributed by atoms with van der Waals surface area (Å²) in [5.41, 5.74) is 3.28. The van der Waals surface area contributed by atoms with E-state index in [9.17, 15) is 9.59 Å². The fraction of sp³-hybridized carbons (Fsp3) is 0.385. The second-order valence-corrected chi connectivity index (χ2v) is 4.45. The SMILES string of the molecule is O=C(O)[C@H]1CCN(C(=O)NOCc2ccccc2)C1. The van der Waals surface area contributed by atoms with Gasteiger partial charge in [-0.05, 0) is 12.0 Å². The normalized spacial score (nSPS) is 18.3. The second kappa shape index (κ2) is 6.19. The van der Waals surface area contributed by atoms with E-state index in [1.54, 1.807) is 0 Å². The zero-order chi connectivity index (χ0) is 13.7. The molecule has 0 aliphatic carbocycles. The van der Waals surface area contributed by atoms with Crippen LogP contribution >= 0.6 is 0 Å². The van der Waals surface area contributed by atoms with Gasteiger partial charge in [-0.15, -0.1) is 0 Å². The van der Waals surface area contributed by atoms with Crippen LogP contribution in [0.2, 0.25) is 0 Å². The smallest absolute Gasteiger partial charge is 0.341 e. The molecule has 1 saturated heterocycles. The number of rotatable bonds is 4. The fourth-order valence-electron chi connectivity index (χ4n) is 1.97. The van der Waals surface area contributed by atoms with Gasteiger partial charge in [0.2, 0.25) is 0 Å². The summed E-state index contributed by atoms with van der Waals surface area (Å²) >= 11 is 0. The number of hydroxylamine groups is 1. The predicted octanol–water partition coefficient (Wildman–Crippen LogP) is 1.23. The molecule has 0 radical (unpaired) electrons. The second-order valence-electron chi connectivity index (χ2n) is 4.45. The van der Waals surface area contributed by atoms with Crippen LogP contribution < -0.4 is 5.48 Å². The molecular formula is C13H16N2O4. The minimum atomic E-state index is -0.861. The van der Waals surface area contributed by atoms with Crippen LogP contribution in [0.3, 0.4) is 0 Å². The molecule has 1 aliphatic heterocycles. The molecule has 0 unspecified atom stereocenters. The fourth-order valence-corrected chi connectivity index (χ4v) is 1.97. The molecule has 2 N–H and O–H groups in total. The van der Waals surface area contributed by atoms with Crippen molar-refractivity contribution in [1.82, 2.24) is 10.4 Å². The van der Waals surface area contributed by atoms with Gasteiger partial charge in [-0.1, -0.05) is 30.3 Å². The lowest BCUT2D eigenvalue weighted by Crippen LogP contribution is -2.38. The zero-order valence-corrected chi connectivity index (χ0v) is 10.4. The van der Waals surface area contributed by atoms with E-state index in [1.807, 2.05) is 30.3 Å². The predicted molar refractivity (Wildman–Crippen MR) is 67.1 cm³/mol. The summed E-state index contributed by atoms with van der Waals surface area (Å²) in [5.74, 6) is -1.33. The summed E-state index contributed by atoms with van der Waals surface area (Å²) in [5, 5.41) is 8.85. The molecule has 1 atom stereocenters. The number of hydrogen-bond donors (Lipinski definition) is 2. The Bertz CT molecular complexity index is 449. The minimum Gasteiger partial charge on any atom is -0.481 e. The summed E-state index contributed by atoms with van der Waals surface area (Å²) in [6.45, 7) is 0.955. The highest BCUT2D eigenvalue weighted by molar-refractivity contribution is 5.76. The molecule has 2 rings (SSSR count). The van der Waals surface area contributed by atoms with Crippen LogP contribution in [-0.4, -0.2) is 35.1 Å². The van der Waals surface area contributed by atoms with Crippen LogP contribution in [0.1, 0.15) is 12.0 Å². The molecule has 19 heavy (non-hydrogen) atoms. The lowest BCUT2D eigenvalue weighted by atomic mass is 10.1. The van der Waals surface area contributed by atoms with Gasteiger partial charge in [0.25, 0.3) is 0 Å². The highest BCUT2D eigenvalue weighted by Gasteiger charge is 2.30. The van der Waals surface area contributed by atoms with Gasteiger partial charge in [0, 0.05) is 13.1 Å². The number of carbonyl (C=O) groups is 2. The highest BCUT2D eigenvalue weighted by atomic mass is 16.7. The molecule has 0 saturated carbocycles. The van der Waals surface area contributed by atoms with E-state index in [1.165, 1.54) is 4.90 Å². The largest absolute Gasteiger partial charge is 0.481 e. The summed E-state index contributed by atoms with van der Waals surface area (Å²) in [6, 6.07) is 9.07. The number of nitrogens with one attached hydrogen (secondary N) is 1. The number of carboxylic acid groups (broad SMARTS) is 1. The van der Waals surface area contributed by atoms with Crippen LogP contribution in [0.4, 0.5) is 4.79 Å². The third-order valence-electron chi connectivity index (χ3n) is 3.07. The van der Waals surface area contributed by atoms with E-state index in [-0.39, 0.29) is 19.2 Å². The lowest BCUT2D eigenvalue weighted by molar-refractivity contribution is -0.141. The maximum atomic E-state index is 11.7. The third-order valence-corrected chi connectivity index (χ3v) is 3.07. The minimum absolute atomic E-state index is 0.232. The summed E-state index contributed by atoms with van der Waals surface area (Å²) in [7, 11) is 0. The Balaban J connectivity index is 1.72. The van der Waals surface area contributed by atoms with E-state index in [0.717, 1.165) is 5.56 Å². The number of carboxylic acids is 1. The summed E-state index contributed by atoms with van der Waals surface area (Å²) in [6.07, 6.45) is 0.488. The van der Waals surface area contributed by atoms with E-state index in [0.29, 0.717) is 13.0 Å². The van der Waals surface area contributed by atoms with Crippen molar-refractivity contribution in [1.29, 1.82) is 0 Å². The third kappa shape index (κ3) is 3.69. The molecule has 1 fully saturated rings. The van der Waals surface area contributed by atoms with Gasteiger partial charge in [-0.3, -0.25) is 9.63 Å². The Morgan fingerprint density at radius 1 is 1.37 bits per heavy atom. The summed E-state index contributed by atoms with van der Waals surface area (Å²) < 4.78 is 0. The van der Waals surface area contributed by atoms with Gasteiger partial charge in [0.1, 0.15) is 0 Å². The van der Waals surface area contributed by atoms with E-state index in [4.69, 9.17) is 9.94 Å². The average molecular weight is 264 g/mol. The van der Waals surface area contributed by atoms with E-state index < -0.39 is 11.9 Å². The standard InChI is InChI=1S/C13H16N2O4/c16-12(17)11-6-7-15(8-11)13(18)14-19-9-10-4-2-1-3-5-10/h1-5,11H,6-9H2,(H,14,18)(H,16,17)/t11-/m0/s1. The molecule has 2 amide bonds. The van der Waals surface area contributed by atoms with Crippen LogP contribution in [0.5, 0.6) is 0 Å². The van der Waals surface area contributed by atoms with Crippen molar-refractivity contribution in [3.05, 3.63) is 35.9 Å². The number of nitrogens with zero attached hydrogens (tertiary/aromatic N) is 1. The number of likely N-dealkylation sites (tertiary alicyclic amines) is 1. The van der Waals surface area contributed by atoms with Crippen molar-refractivity contribution in [3.8, 4) is 0 Å². The van der Waals surface area contributed by atoms with E-state index in [2.05, 4.69) is 5.48 Å². The first kappa shape index (κ1) is 13.4. The molecule has 1 aliphatic rings. The Morgan fingerprint density at radius 2 is 2.11 bits per heavy atom. The Labute approximate surface area is 110 Å². The molecular weight excluding hydrogens is 248 g/mol. The summed E-state index contributed by atoms with van der Waals surface area (Å²) in [4.78, 5) is 29.0. The number of benzene rings is 1. The molecule has 0 spiro atoms. The van der Waals surface area contributed by atoms with Gasteiger partial charge in [0.05, 0.1) is 12.5 Å². The van der Waals surface area contributed by atoms with Crippen molar-refractivity contribution in [2.24, 2.45) is 5.92 Å². The van der Waals surface area contributed by atoms with Crippen molar-refractivity contribution in [2.75, 3.05) is 13.1 Å². The Kier molecular flexibility index (Phi) is 4.35. The Hall–Kier alpha value is -2.08. The first-order chi connectivity index (χ1) is 9.16. The Morgan fingerprint density at radius 3 is 2.74 bits per heavy atom. The molecule has 6 heteroatoms. The molecule has 0 aromatic heterocycles.